The molecule has 0 N–H and O–H groups in total. The molecule has 2 unspecified atom stereocenters. The smallest absolute Gasteiger partial charge is 0.137 e. The van der Waals surface area contributed by atoms with Gasteiger partial charge < -0.3 is 0 Å². The minimum atomic E-state index is 0.0826. The molecule has 4 rings (SSSR count). The van der Waals surface area contributed by atoms with E-state index in [2.05, 4.69) is 12.2 Å². The Balaban J connectivity index is 2.56. The first-order valence-corrected chi connectivity index (χ1v) is 6.95. The topological polar surface area (TPSA) is 95.2 Å². The lowest BCUT2D eigenvalue weighted by Gasteiger charge is -2.34. The van der Waals surface area contributed by atoms with Gasteiger partial charge in [-0.25, -0.2) is 0 Å². The van der Waals surface area contributed by atoms with Crippen molar-refractivity contribution in [2.45, 2.75) is 24.7 Å². The number of benzene rings is 1. The third-order valence-electron chi connectivity index (χ3n) is 4.38. The predicted octanol–water partition coefficient (Wildman–Crippen LogP) is 1.61. The minimum absolute atomic E-state index is 0.0826. The average Bonchev–Trinajstić information content (AvgIpc) is 2.59. The molecule has 4 heteroatoms. The van der Waals surface area contributed by atoms with Gasteiger partial charge in [0.05, 0.1) is 0 Å². The van der Waals surface area contributed by atoms with Crippen molar-refractivity contribution in [2.24, 2.45) is 0 Å². The predicted molar refractivity (Wildman–Crippen MR) is 78.8 cm³/mol. The normalized spacial score (nSPS) is 20.0. The molecule has 0 saturated carbocycles. The van der Waals surface area contributed by atoms with Gasteiger partial charge in [0.2, 0.25) is 0 Å². The van der Waals surface area contributed by atoms with Crippen LogP contribution < -0.4 is 10.4 Å². The van der Waals surface area contributed by atoms with E-state index in [-0.39, 0.29) is 23.0 Å². The fourth-order valence-electron chi connectivity index (χ4n) is 3.46. The second-order valence-corrected chi connectivity index (χ2v) is 5.36. The van der Waals surface area contributed by atoms with Gasteiger partial charge in [-0.15, -0.1) is 0 Å². The highest BCUT2D eigenvalue weighted by molar-refractivity contribution is 5.77. The van der Waals surface area contributed by atoms with Gasteiger partial charge in [0, 0.05) is 22.3 Å². The number of hydrogen-bond donors (Lipinski definition) is 0. The molecular weight excluding hydrogens is 272 g/mol. The summed E-state index contributed by atoms with van der Waals surface area (Å²) in [4.78, 5) is 0. The summed E-state index contributed by atoms with van der Waals surface area (Å²) in [5.41, 5.74) is 2.05. The Morgan fingerprint density at radius 1 is 0.727 bits per heavy atom. The highest BCUT2D eigenvalue weighted by Gasteiger charge is 2.31. The van der Waals surface area contributed by atoms with Crippen molar-refractivity contribution in [1.82, 2.24) is 0 Å². The standard InChI is InChI=1S/C18H10N4/c19-7-13(8-20)15-5-6-16(14(9-21)10-22)18-12-2-1-11(3-4-12)17(15)18/h1-2,5-6,11-12H,3-4H2. The first-order valence-electron chi connectivity index (χ1n) is 6.95. The molecule has 1 aromatic carbocycles. The van der Waals surface area contributed by atoms with Crippen LogP contribution in [0.25, 0.3) is 11.1 Å². The van der Waals surface area contributed by atoms with E-state index in [1.165, 1.54) is 0 Å². The highest BCUT2D eigenvalue weighted by Crippen LogP contribution is 2.42. The lowest BCUT2D eigenvalue weighted by atomic mass is 9.69. The molecule has 0 spiro atoms. The molecule has 0 saturated heterocycles. The maximum absolute atomic E-state index is 9.18. The van der Waals surface area contributed by atoms with Crippen molar-refractivity contribution >= 4 is 11.1 Å². The zero-order valence-electron chi connectivity index (χ0n) is 11.7. The van der Waals surface area contributed by atoms with Crippen molar-refractivity contribution in [3.05, 3.63) is 45.8 Å². The molecule has 2 bridgehead atoms. The lowest BCUT2D eigenvalue weighted by molar-refractivity contribution is 0.548. The number of nitrogens with zero attached hydrogens (tertiary/aromatic N) is 4. The second kappa shape index (κ2) is 5.21. The summed E-state index contributed by atoms with van der Waals surface area (Å²) in [5.74, 6) is 0.288. The van der Waals surface area contributed by atoms with Gasteiger partial charge in [0.1, 0.15) is 35.4 Å². The van der Waals surface area contributed by atoms with E-state index in [0.29, 0.717) is 10.4 Å². The van der Waals surface area contributed by atoms with E-state index in [1.807, 2.05) is 24.3 Å². The van der Waals surface area contributed by atoms with E-state index < -0.39 is 0 Å². The molecule has 102 valence electrons. The monoisotopic (exact) mass is 282 g/mol. The summed E-state index contributed by atoms with van der Waals surface area (Å²) in [6.45, 7) is 0. The van der Waals surface area contributed by atoms with Crippen molar-refractivity contribution in [1.29, 1.82) is 21.0 Å². The van der Waals surface area contributed by atoms with Crippen LogP contribution in [0.5, 0.6) is 0 Å². The Morgan fingerprint density at radius 3 is 1.36 bits per heavy atom. The summed E-state index contributed by atoms with van der Waals surface area (Å²) in [7, 11) is 0. The van der Waals surface area contributed by atoms with Crippen molar-refractivity contribution in [2.75, 3.05) is 0 Å². The molecule has 0 heterocycles. The molecular formula is C18H10N4. The van der Waals surface area contributed by atoms with E-state index in [1.54, 1.807) is 12.1 Å². The van der Waals surface area contributed by atoms with Gasteiger partial charge in [-0.1, -0.05) is 24.3 Å². The summed E-state index contributed by atoms with van der Waals surface area (Å²) >= 11 is 0. The van der Waals surface area contributed by atoms with Gasteiger partial charge in [0.15, 0.2) is 0 Å². The average molecular weight is 282 g/mol. The SMILES string of the molecule is N#CC(C#N)=c1ccc(=C(C#N)C#N)c2c1C1C=CC2CC1. The van der Waals surface area contributed by atoms with Crippen LogP contribution in [-0.2, 0) is 0 Å². The molecule has 3 aliphatic rings. The van der Waals surface area contributed by atoms with E-state index in [4.69, 9.17) is 0 Å². The van der Waals surface area contributed by atoms with Crippen LogP contribution in [0.15, 0.2) is 24.3 Å². The maximum Gasteiger partial charge on any atom is 0.137 e. The zero-order chi connectivity index (χ0) is 15.7. The van der Waals surface area contributed by atoms with Crippen LogP contribution >= 0.6 is 0 Å². The largest absolute Gasteiger partial charge is 0.192 e. The van der Waals surface area contributed by atoms with Gasteiger partial charge in [0.25, 0.3) is 0 Å². The molecule has 0 fully saturated rings. The number of allylic oxidation sites excluding steroid dienone is 2. The third-order valence-corrected chi connectivity index (χ3v) is 4.38. The Bertz CT molecular complexity index is 871. The van der Waals surface area contributed by atoms with Gasteiger partial charge in [-0.2, -0.15) is 21.0 Å². The molecule has 2 atom stereocenters. The molecule has 0 aliphatic heterocycles. The molecule has 0 amide bonds. The van der Waals surface area contributed by atoms with Gasteiger partial charge in [-0.05, 0) is 24.0 Å². The second-order valence-electron chi connectivity index (χ2n) is 5.36. The van der Waals surface area contributed by atoms with E-state index in [9.17, 15) is 21.0 Å². The fraction of sp³-hybridized carbons (Fsp3) is 0.222. The Kier molecular flexibility index (Phi) is 3.23. The van der Waals surface area contributed by atoms with E-state index >= 15 is 0 Å². The van der Waals surface area contributed by atoms with Crippen LogP contribution in [-0.4, -0.2) is 0 Å². The summed E-state index contributed by atoms with van der Waals surface area (Å²) in [6.07, 6.45) is 6.13. The summed E-state index contributed by atoms with van der Waals surface area (Å²) in [5, 5.41) is 38.0. The minimum Gasteiger partial charge on any atom is -0.192 e. The van der Waals surface area contributed by atoms with Crippen molar-refractivity contribution < 1.29 is 0 Å². The van der Waals surface area contributed by atoms with Crippen molar-refractivity contribution in [3.63, 3.8) is 0 Å². The molecule has 0 aromatic heterocycles. The van der Waals surface area contributed by atoms with Gasteiger partial charge >= 0.3 is 0 Å². The van der Waals surface area contributed by atoms with Crippen molar-refractivity contribution in [3.8, 4) is 24.3 Å². The summed E-state index contributed by atoms with van der Waals surface area (Å²) < 4.78 is 0. The maximum atomic E-state index is 9.18. The quantitative estimate of drug-likeness (QED) is 0.675. The van der Waals surface area contributed by atoms with Gasteiger partial charge in [-0.3, -0.25) is 0 Å². The van der Waals surface area contributed by atoms with Crippen LogP contribution in [0.1, 0.15) is 35.8 Å². The Labute approximate surface area is 127 Å². The first-order chi connectivity index (χ1) is 10.7. The first kappa shape index (κ1) is 13.6. The van der Waals surface area contributed by atoms with Crippen LogP contribution in [0.3, 0.4) is 0 Å². The van der Waals surface area contributed by atoms with Crippen LogP contribution in [0.4, 0.5) is 0 Å². The fourth-order valence-corrected chi connectivity index (χ4v) is 3.46. The number of nitriles is 4. The van der Waals surface area contributed by atoms with Crippen LogP contribution in [0.2, 0.25) is 0 Å². The molecule has 3 aliphatic carbocycles. The zero-order valence-corrected chi connectivity index (χ0v) is 11.7. The summed E-state index contributed by atoms with van der Waals surface area (Å²) in [6, 6.07) is 11.2. The lowest BCUT2D eigenvalue weighted by Crippen LogP contribution is -2.33. The molecule has 4 nitrogen and oxygen atoms in total. The Hall–Kier alpha value is -3.34. The number of rotatable bonds is 0. The number of hydrogen-bond acceptors (Lipinski definition) is 4. The third kappa shape index (κ3) is 1.80. The molecule has 0 radical (unpaired) electrons. The van der Waals surface area contributed by atoms with E-state index in [0.717, 1.165) is 24.0 Å². The molecule has 1 aromatic rings. The Morgan fingerprint density at radius 2 is 1.09 bits per heavy atom. The van der Waals surface area contributed by atoms with Crippen LogP contribution in [0, 0.1) is 45.3 Å². The molecule has 22 heavy (non-hydrogen) atoms. The highest BCUT2D eigenvalue weighted by atomic mass is 14.4. The number of fused-ring (bicyclic) bond motifs is 1.